The van der Waals surface area contributed by atoms with Gasteiger partial charge in [-0.05, 0) is 37.6 Å². The molecule has 0 amide bonds. The molecule has 1 fully saturated rings. The zero-order chi connectivity index (χ0) is 13.5. The maximum Gasteiger partial charge on any atom is 0.126 e. The van der Waals surface area contributed by atoms with Crippen molar-refractivity contribution in [3.8, 4) is 5.75 Å². The fourth-order valence-electron chi connectivity index (χ4n) is 3.19. The summed E-state index contributed by atoms with van der Waals surface area (Å²) >= 11 is 5.98. The van der Waals surface area contributed by atoms with Gasteiger partial charge in [-0.1, -0.05) is 18.5 Å². The summed E-state index contributed by atoms with van der Waals surface area (Å²) in [7, 11) is 0. The molecule has 1 spiro atoms. The Balaban J connectivity index is 1.83. The average molecular weight is 282 g/mol. The van der Waals surface area contributed by atoms with Crippen LogP contribution in [0.1, 0.15) is 37.9 Å². The minimum absolute atomic E-state index is 0.189. The van der Waals surface area contributed by atoms with Crippen LogP contribution in [0.4, 0.5) is 0 Å². The normalized spacial score (nSPS) is 25.9. The van der Waals surface area contributed by atoms with Crippen molar-refractivity contribution in [2.45, 2.75) is 37.9 Å². The SMILES string of the molecule is CCN1CCC2(CC1)CC(O)c1cc(Cl)ccc1O2. The van der Waals surface area contributed by atoms with Gasteiger partial charge in [-0.25, -0.2) is 0 Å². The van der Waals surface area contributed by atoms with Crippen molar-refractivity contribution < 1.29 is 9.84 Å². The molecule has 2 aliphatic rings. The van der Waals surface area contributed by atoms with Crippen molar-refractivity contribution in [3.05, 3.63) is 28.8 Å². The monoisotopic (exact) mass is 281 g/mol. The summed E-state index contributed by atoms with van der Waals surface area (Å²) in [5.74, 6) is 0.799. The van der Waals surface area contributed by atoms with Crippen LogP contribution in [0, 0.1) is 0 Å². The number of piperidine rings is 1. The van der Waals surface area contributed by atoms with Gasteiger partial charge in [0.25, 0.3) is 0 Å². The first-order chi connectivity index (χ1) is 9.12. The van der Waals surface area contributed by atoms with E-state index in [1.807, 2.05) is 18.2 Å². The summed E-state index contributed by atoms with van der Waals surface area (Å²) in [6, 6.07) is 5.52. The van der Waals surface area contributed by atoms with Gasteiger partial charge in [0.2, 0.25) is 0 Å². The standard InChI is InChI=1S/C15H20ClNO2/c1-2-17-7-5-15(6-8-17)10-13(18)12-9-11(16)3-4-14(12)19-15/h3-4,9,13,18H,2,5-8,10H2,1H3. The lowest BCUT2D eigenvalue weighted by molar-refractivity contribution is -0.0531. The minimum Gasteiger partial charge on any atom is -0.487 e. The van der Waals surface area contributed by atoms with Crippen LogP contribution in [0.15, 0.2) is 18.2 Å². The van der Waals surface area contributed by atoms with Crippen LogP contribution in [0.5, 0.6) is 5.75 Å². The van der Waals surface area contributed by atoms with Gasteiger partial charge in [0.05, 0.1) is 6.10 Å². The van der Waals surface area contributed by atoms with Crippen LogP contribution in [0.25, 0.3) is 0 Å². The van der Waals surface area contributed by atoms with E-state index in [9.17, 15) is 5.11 Å². The predicted octanol–water partition coefficient (Wildman–Crippen LogP) is 3.01. The summed E-state index contributed by atoms with van der Waals surface area (Å²) < 4.78 is 6.23. The number of halogens is 1. The molecule has 3 rings (SSSR count). The predicted molar refractivity (Wildman–Crippen MR) is 75.7 cm³/mol. The largest absolute Gasteiger partial charge is 0.487 e. The number of aliphatic hydroxyl groups is 1. The van der Waals surface area contributed by atoms with Crippen molar-refractivity contribution in [3.63, 3.8) is 0 Å². The van der Waals surface area contributed by atoms with Gasteiger partial charge in [-0.3, -0.25) is 0 Å². The number of hydrogen-bond donors (Lipinski definition) is 1. The molecule has 104 valence electrons. The Morgan fingerprint density at radius 2 is 2.16 bits per heavy atom. The molecule has 3 nitrogen and oxygen atoms in total. The van der Waals surface area contributed by atoms with Crippen molar-refractivity contribution in [2.24, 2.45) is 0 Å². The quantitative estimate of drug-likeness (QED) is 0.859. The number of benzene rings is 1. The molecule has 0 radical (unpaired) electrons. The first-order valence-electron chi connectivity index (χ1n) is 7.01. The van der Waals surface area contributed by atoms with Crippen LogP contribution in [-0.4, -0.2) is 35.2 Å². The summed E-state index contributed by atoms with van der Waals surface area (Å²) in [6.45, 7) is 5.37. The lowest BCUT2D eigenvalue weighted by Crippen LogP contribution is -2.50. The molecule has 2 aliphatic heterocycles. The molecule has 1 atom stereocenters. The van der Waals surface area contributed by atoms with E-state index < -0.39 is 6.10 Å². The molecule has 1 N–H and O–H groups in total. The van der Waals surface area contributed by atoms with E-state index in [1.165, 1.54) is 0 Å². The minimum atomic E-state index is -0.462. The zero-order valence-electron chi connectivity index (χ0n) is 11.2. The molecule has 0 saturated carbocycles. The fraction of sp³-hybridized carbons (Fsp3) is 0.600. The van der Waals surface area contributed by atoms with Crippen LogP contribution in [0.2, 0.25) is 5.02 Å². The number of nitrogens with zero attached hydrogens (tertiary/aromatic N) is 1. The highest BCUT2D eigenvalue weighted by Crippen LogP contribution is 2.44. The number of rotatable bonds is 1. The lowest BCUT2D eigenvalue weighted by Gasteiger charge is -2.45. The van der Waals surface area contributed by atoms with E-state index in [2.05, 4.69) is 11.8 Å². The summed E-state index contributed by atoms with van der Waals surface area (Å²) in [4.78, 5) is 2.43. The number of fused-ring (bicyclic) bond motifs is 1. The van der Waals surface area contributed by atoms with Gasteiger partial charge >= 0.3 is 0 Å². The average Bonchev–Trinajstić information content (AvgIpc) is 2.41. The Bertz CT molecular complexity index is 469. The van der Waals surface area contributed by atoms with Gasteiger partial charge in [0, 0.05) is 30.1 Å². The second-order valence-corrected chi connectivity index (χ2v) is 6.06. The van der Waals surface area contributed by atoms with Crippen LogP contribution >= 0.6 is 11.6 Å². The molecule has 19 heavy (non-hydrogen) atoms. The molecule has 4 heteroatoms. The van der Waals surface area contributed by atoms with E-state index in [1.54, 1.807) is 0 Å². The number of likely N-dealkylation sites (tertiary alicyclic amines) is 1. The molecule has 1 aromatic carbocycles. The van der Waals surface area contributed by atoms with Gasteiger partial charge in [-0.2, -0.15) is 0 Å². The molecule has 0 bridgehead atoms. The van der Waals surface area contributed by atoms with Crippen molar-refractivity contribution >= 4 is 11.6 Å². The van der Waals surface area contributed by atoms with Gasteiger partial charge in [0.15, 0.2) is 0 Å². The summed E-state index contributed by atoms with van der Waals surface area (Å²) in [6.07, 6.45) is 2.19. The highest BCUT2D eigenvalue weighted by atomic mass is 35.5. The topological polar surface area (TPSA) is 32.7 Å². The second-order valence-electron chi connectivity index (χ2n) is 5.62. The van der Waals surface area contributed by atoms with Crippen LogP contribution in [0.3, 0.4) is 0 Å². The van der Waals surface area contributed by atoms with E-state index in [0.717, 1.165) is 43.8 Å². The van der Waals surface area contributed by atoms with Crippen LogP contribution in [-0.2, 0) is 0 Å². The third-order valence-electron chi connectivity index (χ3n) is 4.44. The van der Waals surface area contributed by atoms with Crippen molar-refractivity contribution in [1.82, 2.24) is 4.90 Å². The van der Waals surface area contributed by atoms with Crippen molar-refractivity contribution in [1.29, 1.82) is 0 Å². The first kappa shape index (κ1) is 13.2. The summed E-state index contributed by atoms with van der Waals surface area (Å²) in [5.41, 5.74) is 0.641. The van der Waals surface area contributed by atoms with Gasteiger partial charge in [-0.15, -0.1) is 0 Å². The molecule has 1 unspecified atom stereocenters. The maximum atomic E-state index is 10.4. The highest BCUT2D eigenvalue weighted by Gasteiger charge is 2.42. The smallest absolute Gasteiger partial charge is 0.126 e. The van der Waals surface area contributed by atoms with E-state index in [0.29, 0.717) is 11.4 Å². The molecular formula is C15H20ClNO2. The Labute approximate surface area is 119 Å². The Hall–Kier alpha value is -0.770. The van der Waals surface area contributed by atoms with E-state index >= 15 is 0 Å². The molecule has 0 aromatic heterocycles. The fourth-order valence-corrected chi connectivity index (χ4v) is 3.37. The van der Waals surface area contributed by atoms with E-state index in [-0.39, 0.29) is 5.60 Å². The third kappa shape index (κ3) is 2.47. The zero-order valence-corrected chi connectivity index (χ0v) is 12.0. The molecule has 1 aromatic rings. The maximum absolute atomic E-state index is 10.4. The van der Waals surface area contributed by atoms with Gasteiger partial charge < -0.3 is 14.7 Å². The Morgan fingerprint density at radius 3 is 2.84 bits per heavy atom. The first-order valence-corrected chi connectivity index (χ1v) is 7.38. The summed E-state index contributed by atoms with van der Waals surface area (Å²) in [5, 5.41) is 11.0. The van der Waals surface area contributed by atoms with Crippen LogP contribution < -0.4 is 4.74 Å². The second kappa shape index (κ2) is 4.97. The molecular weight excluding hydrogens is 262 g/mol. The van der Waals surface area contributed by atoms with Crippen molar-refractivity contribution in [2.75, 3.05) is 19.6 Å². The Kier molecular flexibility index (Phi) is 3.46. The molecule has 0 aliphatic carbocycles. The number of ether oxygens (including phenoxy) is 1. The molecule has 1 saturated heterocycles. The third-order valence-corrected chi connectivity index (χ3v) is 4.67. The molecule has 2 heterocycles. The lowest BCUT2D eigenvalue weighted by atomic mass is 9.81. The highest BCUT2D eigenvalue weighted by molar-refractivity contribution is 6.30. The number of hydrogen-bond acceptors (Lipinski definition) is 3. The van der Waals surface area contributed by atoms with E-state index in [4.69, 9.17) is 16.3 Å². The Morgan fingerprint density at radius 1 is 1.42 bits per heavy atom. The number of aliphatic hydroxyl groups excluding tert-OH is 1. The van der Waals surface area contributed by atoms with Gasteiger partial charge in [0.1, 0.15) is 11.4 Å².